The van der Waals surface area contributed by atoms with Gasteiger partial charge in [0.1, 0.15) is 5.69 Å². The molecule has 2 fully saturated rings. The van der Waals surface area contributed by atoms with Gasteiger partial charge in [0, 0.05) is 37.6 Å². The van der Waals surface area contributed by atoms with Crippen molar-refractivity contribution in [3.8, 4) is 0 Å². The Labute approximate surface area is 164 Å². The Morgan fingerprint density at radius 1 is 1.15 bits per heavy atom. The third-order valence-electron chi connectivity index (χ3n) is 5.95. The van der Waals surface area contributed by atoms with Gasteiger partial charge in [-0.2, -0.15) is 0 Å². The number of nitrogens with zero attached hydrogens (tertiary/aromatic N) is 2. The van der Waals surface area contributed by atoms with Crippen LogP contribution in [0.3, 0.4) is 0 Å². The van der Waals surface area contributed by atoms with Crippen LogP contribution in [0.15, 0.2) is 30.5 Å². The third-order valence-corrected chi connectivity index (χ3v) is 6.16. The largest absolute Gasteiger partial charge is 0.345 e. The number of likely N-dealkylation sites (tertiary alicyclic amines) is 1. The van der Waals surface area contributed by atoms with Gasteiger partial charge in [0.2, 0.25) is 0 Å². The third kappa shape index (κ3) is 3.48. The number of benzene rings is 1. The van der Waals surface area contributed by atoms with Crippen LogP contribution >= 0.6 is 11.6 Å². The number of fused-ring (bicyclic) bond motifs is 1. The number of carbonyl (C=O) groups is 2. The van der Waals surface area contributed by atoms with E-state index in [4.69, 9.17) is 11.6 Å². The number of aromatic nitrogens is 1. The smallest absolute Gasteiger partial charge is 0.272 e. The van der Waals surface area contributed by atoms with Gasteiger partial charge in [-0.3, -0.25) is 9.59 Å². The molecule has 6 heteroatoms. The van der Waals surface area contributed by atoms with E-state index in [1.54, 1.807) is 29.9 Å². The van der Waals surface area contributed by atoms with Crippen LogP contribution in [-0.2, 0) is 7.05 Å². The van der Waals surface area contributed by atoms with Gasteiger partial charge >= 0.3 is 0 Å². The molecule has 2 amide bonds. The molecular weight excluding hydrogens is 362 g/mol. The molecule has 0 radical (unpaired) electrons. The molecular formula is C21H24ClN3O2. The van der Waals surface area contributed by atoms with E-state index >= 15 is 0 Å². The standard InChI is InChI=1S/C21H24ClN3O2/c1-13-6-7-14(21(27)25-10-15-4-3-5-16(15)11-25)8-18(13)23-20(26)19-9-17(22)12-24(19)2/h6-9,12,15-16H,3-5,10-11H2,1-2H3,(H,23,26)/t15-,16+. The Balaban J connectivity index is 1.52. The van der Waals surface area contributed by atoms with Crippen LogP contribution in [0.4, 0.5) is 5.69 Å². The van der Waals surface area contributed by atoms with Crippen LogP contribution in [0.1, 0.15) is 45.7 Å². The number of hydrogen-bond acceptors (Lipinski definition) is 2. The van der Waals surface area contributed by atoms with E-state index in [2.05, 4.69) is 5.32 Å². The van der Waals surface area contributed by atoms with E-state index < -0.39 is 0 Å². The van der Waals surface area contributed by atoms with E-state index in [9.17, 15) is 9.59 Å². The summed E-state index contributed by atoms with van der Waals surface area (Å²) in [4.78, 5) is 27.5. The summed E-state index contributed by atoms with van der Waals surface area (Å²) in [5, 5.41) is 3.43. The minimum absolute atomic E-state index is 0.0572. The monoisotopic (exact) mass is 385 g/mol. The second kappa shape index (κ2) is 7.04. The minimum Gasteiger partial charge on any atom is -0.345 e. The Hall–Kier alpha value is -2.27. The molecule has 1 aliphatic heterocycles. The molecule has 1 saturated carbocycles. The predicted molar refractivity (Wildman–Crippen MR) is 106 cm³/mol. The van der Waals surface area contributed by atoms with Gasteiger partial charge < -0.3 is 14.8 Å². The molecule has 4 rings (SSSR count). The van der Waals surface area contributed by atoms with Crippen LogP contribution in [0.5, 0.6) is 0 Å². The summed E-state index contributed by atoms with van der Waals surface area (Å²) in [5.74, 6) is 1.15. The molecule has 5 nitrogen and oxygen atoms in total. The fourth-order valence-corrected chi connectivity index (χ4v) is 4.66. The van der Waals surface area contributed by atoms with Crippen molar-refractivity contribution in [2.45, 2.75) is 26.2 Å². The second-order valence-corrected chi connectivity index (χ2v) is 8.24. The van der Waals surface area contributed by atoms with Crippen molar-refractivity contribution in [2.75, 3.05) is 18.4 Å². The van der Waals surface area contributed by atoms with Crippen molar-refractivity contribution in [2.24, 2.45) is 18.9 Å². The maximum Gasteiger partial charge on any atom is 0.272 e. The molecule has 0 bridgehead atoms. The van der Waals surface area contributed by atoms with Gasteiger partial charge in [-0.1, -0.05) is 24.1 Å². The highest BCUT2D eigenvalue weighted by atomic mass is 35.5. The molecule has 1 saturated heterocycles. The van der Waals surface area contributed by atoms with Crippen LogP contribution in [0.25, 0.3) is 0 Å². The molecule has 0 unspecified atom stereocenters. The first-order chi connectivity index (χ1) is 12.9. The van der Waals surface area contributed by atoms with Crippen molar-refractivity contribution in [3.05, 3.63) is 52.3 Å². The molecule has 0 spiro atoms. The Kier molecular flexibility index (Phi) is 4.72. The van der Waals surface area contributed by atoms with E-state index in [1.165, 1.54) is 19.3 Å². The number of nitrogens with one attached hydrogen (secondary N) is 1. The van der Waals surface area contributed by atoms with Crippen LogP contribution in [0, 0.1) is 18.8 Å². The van der Waals surface area contributed by atoms with E-state index in [0.717, 1.165) is 18.7 Å². The summed E-state index contributed by atoms with van der Waals surface area (Å²) in [6.07, 6.45) is 5.46. The molecule has 1 aromatic carbocycles. The van der Waals surface area contributed by atoms with Crippen LogP contribution in [0.2, 0.25) is 5.02 Å². The number of rotatable bonds is 3. The molecule has 2 atom stereocenters. The van der Waals surface area contributed by atoms with Crippen LogP contribution < -0.4 is 5.32 Å². The summed E-state index contributed by atoms with van der Waals surface area (Å²) in [6.45, 7) is 3.64. The highest BCUT2D eigenvalue weighted by Crippen LogP contribution is 2.38. The SMILES string of the molecule is Cc1ccc(C(=O)N2C[C@H]3CCC[C@H]3C2)cc1NC(=O)c1cc(Cl)cn1C. The fraction of sp³-hybridized carbons (Fsp3) is 0.429. The van der Waals surface area contributed by atoms with Gasteiger partial charge in [-0.05, 0) is 55.4 Å². The maximum atomic E-state index is 12.9. The normalized spacial score (nSPS) is 21.4. The second-order valence-electron chi connectivity index (χ2n) is 7.80. The fourth-order valence-electron chi connectivity index (χ4n) is 4.41. The van der Waals surface area contributed by atoms with Crippen LogP contribution in [-0.4, -0.2) is 34.4 Å². The quantitative estimate of drug-likeness (QED) is 0.864. The zero-order valence-electron chi connectivity index (χ0n) is 15.7. The van der Waals surface area contributed by atoms with Crippen molar-refractivity contribution in [1.82, 2.24) is 9.47 Å². The maximum absolute atomic E-state index is 12.9. The minimum atomic E-state index is -0.243. The average Bonchev–Trinajstić information content (AvgIpc) is 3.30. The van der Waals surface area contributed by atoms with Gasteiger partial charge in [-0.15, -0.1) is 0 Å². The lowest BCUT2D eigenvalue weighted by molar-refractivity contribution is 0.0780. The van der Waals surface area contributed by atoms with Gasteiger partial charge in [0.15, 0.2) is 0 Å². The van der Waals surface area contributed by atoms with Crippen molar-refractivity contribution in [1.29, 1.82) is 0 Å². The number of amides is 2. The zero-order chi connectivity index (χ0) is 19.1. The van der Waals surface area contributed by atoms with E-state index in [1.807, 2.05) is 24.0 Å². The van der Waals surface area contributed by atoms with Crippen molar-refractivity contribution in [3.63, 3.8) is 0 Å². The molecule has 27 heavy (non-hydrogen) atoms. The summed E-state index contributed by atoms with van der Waals surface area (Å²) in [5.41, 5.74) is 2.67. The first-order valence-electron chi connectivity index (χ1n) is 9.45. The molecule has 1 N–H and O–H groups in total. The highest BCUT2D eigenvalue weighted by Gasteiger charge is 2.38. The number of carbonyl (C=O) groups excluding carboxylic acids is 2. The lowest BCUT2D eigenvalue weighted by Crippen LogP contribution is -2.29. The van der Waals surface area contributed by atoms with Gasteiger partial charge in [-0.25, -0.2) is 0 Å². The van der Waals surface area contributed by atoms with Gasteiger partial charge in [0.05, 0.1) is 5.02 Å². The molecule has 2 aliphatic rings. The lowest BCUT2D eigenvalue weighted by Gasteiger charge is -2.18. The molecule has 1 aromatic heterocycles. The highest BCUT2D eigenvalue weighted by molar-refractivity contribution is 6.31. The van der Waals surface area contributed by atoms with Crippen molar-refractivity contribution >= 4 is 29.1 Å². The first-order valence-corrected chi connectivity index (χ1v) is 9.83. The molecule has 142 valence electrons. The first kappa shape index (κ1) is 18.1. The number of halogens is 1. The summed E-state index contributed by atoms with van der Waals surface area (Å²) < 4.78 is 1.69. The molecule has 1 aliphatic carbocycles. The molecule has 2 heterocycles. The van der Waals surface area contributed by atoms with Gasteiger partial charge in [0.25, 0.3) is 11.8 Å². The predicted octanol–water partition coefficient (Wildman–Crippen LogP) is 4.11. The Morgan fingerprint density at radius 3 is 2.48 bits per heavy atom. The van der Waals surface area contributed by atoms with Crippen molar-refractivity contribution < 1.29 is 9.59 Å². The Morgan fingerprint density at radius 2 is 1.85 bits per heavy atom. The molecule has 2 aromatic rings. The number of hydrogen-bond donors (Lipinski definition) is 1. The van der Waals surface area contributed by atoms with E-state index in [-0.39, 0.29) is 11.8 Å². The zero-order valence-corrected chi connectivity index (χ0v) is 16.4. The summed E-state index contributed by atoms with van der Waals surface area (Å²) >= 11 is 5.97. The average molecular weight is 386 g/mol. The topological polar surface area (TPSA) is 54.3 Å². The van der Waals surface area contributed by atoms with E-state index in [0.29, 0.717) is 33.8 Å². The Bertz CT molecular complexity index is 893. The lowest BCUT2D eigenvalue weighted by atomic mass is 10.0. The number of anilines is 1. The number of aryl methyl sites for hydroxylation is 2. The summed E-state index contributed by atoms with van der Waals surface area (Å²) in [6, 6.07) is 7.15. The summed E-state index contributed by atoms with van der Waals surface area (Å²) in [7, 11) is 1.78.